The number of benzene rings is 2. The summed E-state index contributed by atoms with van der Waals surface area (Å²) < 4.78 is 5.69. The molecule has 0 aliphatic rings. The fraction of sp³-hybridized carbons (Fsp3) is 0.273. The van der Waals surface area contributed by atoms with Crippen molar-refractivity contribution < 1.29 is 14.0 Å². The highest BCUT2D eigenvalue weighted by molar-refractivity contribution is 6.35. The molecule has 0 unspecified atom stereocenters. The molecule has 0 spiro atoms. The van der Waals surface area contributed by atoms with Gasteiger partial charge >= 0.3 is 0 Å². The Bertz CT molecular complexity index is 1000. The molecule has 6 heteroatoms. The van der Waals surface area contributed by atoms with Gasteiger partial charge in [-0.05, 0) is 44.5 Å². The van der Waals surface area contributed by atoms with Crippen LogP contribution in [0.4, 0.5) is 0 Å². The summed E-state index contributed by atoms with van der Waals surface area (Å²) in [6, 6.07) is 12.7. The number of rotatable bonds is 6. The number of fused-ring (bicyclic) bond motifs is 1. The molecule has 1 heterocycles. The molecule has 3 aromatic rings. The van der Waals surface area contributed by atoms with E-state index in [1.54, 1.807) is 23.1 Å². The van der Waals surface area contributed by atoms with Gasteiger partial charge in [-0.2, -0.15) is 0 Å². The third kappa shape index (κ3) is 3.90. The fourth-order valence-corrected chi connectivity index (χ4v) is 3.36. The topological polar surface area (TPSA) is 62.6 Å². The maximum absolute atomic E-state index is 12.6. The van der Waals surface area contributed by atoms with Crippen molar-refractivity contribution in [3.8, 4) is 0 Å². The molecule has 0 radical (unpaired) electrons. The smallest absolute Gasteiger partial charge is 0.287 e. The van der Waals surface area contributed by atoms with Crippen LogP contribution in [0.3, 0.4) is 0 Å². The quantitative estimate of drug-likeness (QED) is 0.648. The van der Waals surface area contributed by atoms with Crippen molar-refractivity contribution in [2.75, 3.05) is 13.1 Å². The molecule has 5 nitrogen and oxygen atoms in total. The second kappa shape index (κ2) is 8.48. The van der Waals surface area contributed by atoms with Gasteiger partial charge in [0.05, 0.1) is 5.02 Å². The number of amides is 2. The summed E-state index contributed by atoms with van der Waals surface area (Å²) in [6.45, 7) is 7.44. The van der Waals surface area contributed by atoms with Gasteiger partial charge in [0.15, 0.2) is 11.3 Å². The second-order valence-electron chi connectivity index (χ2n) is 6.53. The normalized spacial score (nSPS) is 10.9. The first kappa shape index (κ1) is 20.0. The summed E-state index contributed by atoms with van der Waals surface area (Å²) in [5, 5.41) is 4.17. The van der Waals surface area contributed by atoms with Gasteiger partial charge in [0.25, 0.3) is 11.8 Å². The first-order chi connectivity index (χ1) is 13.5. The number of para-hydroxylation sites is 1. The van der Waals surface area contributed by atoms with E-state index in [1.807, 2.05) is 45.0 Å². The van der Waals surface area contributed by atoms with Gasteiger partial charge in [-0.15, -0.1) is 0 Å². The van der Waals surface area contributed by atoms with Crippen LogP contribution < -0.4 is 5.32 Å². The molecule has 0 saturated carbocycles. The van der Waals surface area contributed by atoms with Crippen LogP contribution in [-0.4, -0.2) is 29.8 Å². The van der Waals surface area contributed by atoms with E-state index in [9.17, 15) is 9.59 Å². The number of hydrogen-bond acceptors (Lipinski definition) is 3. The largest absolute Gasteiger partial charge is 0.449 e. The van der Waals surface area contributed by atoms with Crippen molar-refractivity contribution in [2.45, 2.75) is 27.3 Å². The molecular weight excluding hydrogens is 376 g/mol. The monoisotopic (exact) mass is 398 g/mol. The van der Waals surface area contributed by atoms with Crippen LogP contribution in [0.1, 0.15) is 45.9 Å². The fourth-order valence-electron chi connectivity index (χ4n) is 3.15. The maximum atomic E-state index is 12.6. The van der Waals surface area contributed by atoms with Crippen molar-refractivity contribution in [2.24, 2.45) is 0 Å². The van der Waals surface area contributed by atoms with Crippen LogP contribution in [0.15, 0.2) is 46.9 Å². The molecule has 0 atom stereocenters. The van der Waals surface area contributed by atoms with E-state index in [2.05, 4.69) is 5.32 Å². The number of aryl methyl sites for hydroxylation is 1. The lowest BCUT2D eigenvalue weighted by Crippen LogP contribution is -2.30. The summed E-state index contributed by atoms with van der Waals surface area (Å²) in [7, 11) is 0. The minimum absolute atomic E-state index is 0.00960. The zero-order valence-electron chi connectivity index (χ0n) is 16.2. The molecule has 0 aliphatic carbocycles. The Morgan fingerprint density at radius 1 is 1.07 bits per heavy atom. The number of nitrogens with one attached hydrogen (secondary N) is 1. The minimum atomic E-state index is -0.298. The number of carbonyl (C=O) groups is 2. The lowest BCUT2D eigenvalue weighted by Gasteiger charge is -2.18. The summed E-state index contributed by atoms with van der Waals surface area (Å²) in [5.41, 5.74) is 2.82. The number of furan rings is 1. The predicted molar refractivity (Wildman–Crippen MR) is 111 cm³/mol. The molecule has 2 aromatic carbocycles. The predicted octanol–water partition coefficient (Wildman–Crippen LogP) is 4.81. The molecule has 0 aliphatic heterocycles. The van der Waals surface area contributed by atoms with Gasteiger partial charge in [0.1, 0.15) is 0 Å². The van der Waals surface area contributed by atoms with Crippen molar-refractivity contribution in [1.29, 1.82) is 0 Å². The molecule has 28 heavy (non-hydrogen) atoms. The van der Waals surface area contributed by atoms with Gasteiger partial charge in [-0.3, -0.25) is 9.59 Å². The van der Waals surface area contributed by atoms with E-state index < -0.39 is 0 Å². The van der Waals surface area contributed by atoms with Crippen LogP contribution in [0, 0.1) is 6.92 Å². The van der Waals surface area contributed by atoms with Gasteiger partial charge in [0, 0.05) is 36.1 Å². The SMILES string of the molecule is CCN(CC)C(=O)c1ccc(CNC(=O)c2oc3c(Cl)cccc3c2C)cc1. The molecule has 1 aromatic heterocycles. The highest BCUT2D eigenvalue weighted by Gasteiger charge is 2.19. The lowest BCUT2D eigenvalue weighted by atomic mass is 10.1. The Hall–Kier alpha value is -2.79. The van der Waals surface area contributed by atoms with Crippen LogP contribution in [-0.2, 0) is 6.54 Å². The van der Waals surface area contributed by atoms with E-state index in [4.69, 9.17) is 16.0 Å². The minimum Gasteiger partial charge on any atom is -0.449 e. The van der Waals surface area contributed by atoms with Crippen molar-refractivity contribution in [3.63, 3.8) is 0 Å². The summed E-state index contributed by atoms with van der Waals surface area (Å²) in [5.74, 6) is -0.0279. The highest BCUT2D eigenvalue weighted by Crippen LogP contribution is 2.30. The van der Waals surface area contributed by atoms with Gasteiger partial charge in [-0.25, -0.2) is 0 Å². The van der Waals surface area contributed by atoms with Crippen LogP contribution in [0.25, 0.3) is 11.0 Å². The Kier molecular flexibility index (Phi) is 6.05. The van der Waals surface area contributed by atoms with Crippen LogP contribution >= 0.6 is 11.6 Å². The second-order valence-corrected chi connectivity index (χ2v) is 6.94. The van der Waals surface area contributed by atoms with Crippen LogP contribution in [0.5, 0.6) is 0 Å². The number of hydrogen-bond donors (Lipinski definition) is 1. The first-order valence-corrected chi connectivity index (χ1v) is 9.68. The van der Waals surface area contributed by atoms with Crippen molar-refractivity contribution in [1.82, 2.24) is 10.2 Å². The highest BCUT2D eigenvalue weighted by atomic mass is 35.5. The Morgan fingerprint density at radius 2 is 1.75 bits per heavy atom. The summed E-state index contributed by atoms with van der Waals surface area (Å²) in [4.78, 5) is 26.7. The average molecular weight is 399 g/mol. The third-order valence-electron chi connectivity index (χ3n) is 4.83. The number of halogens is 1. The molecule has 1 N–H and O–H groups in total. The maximum Gasteiger partial charge on any atom is 0.287 e. The van der Waals surface area contributed by atoms with Crippen molar-refractivity contribution in [3.05, 3.63) is 69.9 Å². The Labute approximate surface area is 169 Å². The van der Waals surface area contributed by atoms with Crippen molar-refractivity contribution >= 4 is 34.4 Å². The molecule has 3 rings (SSSR count). The van der Waals surface area contributed by atoms with E-state index in [-0.39, 0.29) is 17.6 Å². The Balaban J connectivity index is 1.69. The molecule has 146 valence electrons. The van der Waals surface area contributed by atoms with Crippen LogP contribution in [0.2, 0.25) is 5.02 Å². The van der Waals surface area contributed by atoms with E-state index in [1.165, 1.54) is 0 Å². The lowest BCUT2D eigenvalue weighted by molar-refractivity contribution is 0.0772. The molecule has 2 amide bonds. The Morgan fingerprint density at radius 3 is 2.36 bits per heavy atom. The third-order valence-corrected chi connectivity index (χ3v) is 5.12. The summed E-state index contributed by atoms with van der Waals surface area (Å²) in [6.07, 6.45) is 0. The van der Waals surface area contributed by atoms with E-state index >= 15 is 0 Å². The number of carbonyl (C=O) groups excluding carboxylic acids is 2. The average Bonchev–Trinajstić information content (AvgIpc) is 3.05. The number of nitrogens with zero attached hydrogens (tertiary/aromatic N) is 1. The van der Waals surface area contributed by atoms with E-state index in [0.29, 0.717) is 35.8 Å². The molecule has 0 fully saturated rings. The zero-order valence-corrected chi connectivity index (χ0v) is 17.0. The summed E-state index contributed by atoms with van der Waals surface area (Å²) >= 11 is 6.15. The first-order valence-electron chi connectivity index (χ1n) is 9.30. The van der Waals surface area contributed by atoms with E-state index in [0.717, 1.165) is 16.5 Å². The van der Waals surface area contributed by atoms with Gasteiger partial charge in [-0.1, -0.05) is 35.9 Å². The zero-order chi connectivity index (χ0) is 20.3. The molecular formula is C22H23ClN2O3. The van der Waals surface area contributed by atoms with Gasteiger partial charge in [0.2, 0.25) is 0 Å². The standard InChI is InChI=1S/C22H23ClN2O3/c1-4-25(5-2)22(27)16-11-9-15(10-12-16)13-24-21(26)19-14(3)17-7-6-8-18(23)20(17)28-19/h6-12H,4-5,13H2,1-3H3,(H,24,26). The molecule has 0 saturated heterocycles. The van der Waals surface area contributed by atoms with Gasteiger partial charge < -0.3 is 14.6 Å². The molecule has 0 bridgehead atoms.